The number of nitrogens with zero attached hydrogens (tertiary/aromatic N) is 5. The van der Waals surface area contributed by atoms with Crippen molar-refractivity contribution in [3.05, 3.63) is 82.2 Å². The van der Waals surface area contributed by atoms with Crippen molar-refractivity contribution in [1.29, 1.82) is 0 Å². The van der Waals surface area contributed by atoms with Crippen molar-refractivity contribution < 1.29 is 9.59 Å². The molecule has 0 radical (unpaired) electrons. The summed E-state index contributed by atoms with van der Waals surface area (Å²) in [5.74, 6) is -0.851. The molecule has 0 fully saturated rings. The number of para-hydroxylation sites is 1. The zero-order valence-electron chi connectivity index (χ0n) is 14.7. The van der Waals surface area contributed by atoms with Gasteiger partial charge >= 0.3 is 0 Å². The minimum absolute atomic E-state index is 0.00306. The second-order valence-corrected chi connectivity index (χ2v) is 6.62. The van der Waals surface area contributed by atoms with Gasteiger partial charge < -0.3 is 5.32 Å². The number of nitrogens with one attached hydrogen (secondary N) is 1. The second kappa shape index (κ2) is 7.49. The van der Waals surface area contributed by atoms with Crippen molar-refractivity contribution in [2.75, 3.05) is 5.32 Å². The summed E-state index contributed by atoms with van der Waals surface area (Å²) in [6.45, 7) is 0. The molecule has 0 saturated carbocycles. The fourth-order valence-electron chi connectivity index (χ4n) is 2.69. The lowest BCUT2D eigenvalue weighted by Gasteiger charge is -2.16. The molecule has 1 N–H and O–H groups in total. The van der Waals surface area contributed by atoms with Gasteiger partial charge in [-0.1, -0.05) is 52.2 Å². The number of rotatable bonds is 3. The van der Waals surface area contributed by atoms with Crippen molar-refractivity contribution >= 4 is 34.6 Å². The van der Waals surface area contributed by atoms with Gasteiger partial charge in [0.15, 0.2) is 5.78 Å². The Labute approximate surface area is 163 Å². The van der Waals surface area contributed by atoms with Crippen molar-refractivity contribution in [2.45, 2.75) is 0 Å². The number of carbonyl (C=O) groups is 2. The molecule has 9 heteroatoms. The molecule has 0 spiro atoms. The van der Waals surface area contributed by atoms with Crippen LogP contribution in [-0.2, 0) is 11.8 Å². The molecule has 1 aromatic heterocycles. The largest absolute Gasteiger partial charge is 0.322 e. The van der Waals surface area contributed by atoms with E-state index in [4.69, 9.17) is 0 Å². The Hall–Kier alpha value is -3.72. The summed E-state index contributed by atoms with van der Waals surface area (Å²) < 4.78 is 5.28. The van der Waals surface area contributed by atoms with Crippen molar-refractivity contribution in [1.82, 2.24) is 14.4 Å². The quantitative estimate of drug-likeness (QED) is 0.545. The first-order chi connectivity index (χ1) is 13.6. The highest BCUT2D eigenvalue weighted by atomic mass is 32.1. The van der Waals surface area contributed by atoms with Gasteiger partial charge in [-0.3, -0.25) is 9.59 Å². The summed E-state index contributed by atoms with van der Waals surface area (Å²) in [7, 11) is 1.70. The fourth-order valence-corrected chi connectivity index (χ4v) is 3.14. The van der Waals surface area contributed by atoms with E-state index in [-0.39, 0.29) is 11.4 Å². The van der Waals surface area contributed by atoms with Gasteiger partial charge in [0.2, 0.25) is 4.80 Å². The van der Waals surface area contributed by atoms with Gasteiger partial charge in [-0.15, -0.1) is 10.2 Å². The molecule has 28 heavy (non-hydrogen) atoms. The van der Waals surface area contributed by atoms with E-state index in [1.807, 2.05) is 6.07 Å². The van der Waals surface area contributed by atoms with Crippen LogP contribution in [0.5, 0.6) is 0 Å². The lowest BCUT2D eigenvalue weighted by molar-refractivity contribution is -0.112. The fraction of sp³-hybridized carbons (Fsp3) is 0.0526. The van der Waals surface area contributed by atoms with Gasteiger partial charge in [-0.05, 0) is 18.2 Å². The molecule has 1 aliphatic rings. The Balaban J connectivity index is 1.76. The van der Waals surface area contributed by atoms with Gasteiger partial charge in [0, 0.05) is 35.4 Å². The Morgan fingerprint density at radius 3 is 2.46 bits per heavy atom. The average molecular weight is 390 g/mol. The number of anilines is 1. The Morgan fingerprint density at radius 1 is 1.04 bits per heavy atom. The average Bonchev–Trinajstić information content (AvgIpc) is 3.13. The number of allylic oxidation sites excluding steroid dienone is 1. The number of amides is 1. The maximum Gasteiger partial charge on any atom is 0.259 e. The van der Waals surface area contributed by atoms with E-state index >= 15 is 0 Å². The van der Waals surface area contributed by atoms with E-state index in [9.17, 15) is 9.59 Å². The van der Waals surface area contributed by atoms with Gasteiger partial charge in [0.25, 0.3) is 5.91 Å². The summed E-state index contributed by atoms with van der Waals surface area (Å²) >= 11 is 1.09. The highest BCUT2D eigenvalue weighted by Gasteiger charge is 2.28. The first-order valence-corrected chi connectivity index (χ1v) is 9.10. The van der Waals surface area contributed by atoms with Gasteiger partial charge in [0.05, 0.1) is 11.3 Å². The number of Topliss-reactive ketones (excluding diaryl/α,β-unsaturated/α-hetero) is 1. The zero-order valence-corrected chi connectivity index (χ0v) is 15.6. The van der Waals surface area contributed by atoms with Crippen molar-refractivity contribution in [2.24, 2.45) is 17.3 Å². The van der Waals surface area contributed by atoms with E-state index in [1.54, 1.807) is 55.6 Å². The molecule has 0 unspecified atom stereocenters. The number of carbonyl (C=O) groups excluding carboxylic acids is 2. The summed E-state index contributed by atoms with van der Waals surface area (Å²) in [5, 5.41) is 14.9. The van der Waals surface area contributed by atoms with Crippen LogP contribution in [0.3, 0.4) is 0 Å². The van der Waals surface area contributed by atoms with Crippen molar-refractivity contribution in [3.8, 4) is 0 Å². The SMILES string of the molecule is Cn1nns/c1=N\N=C1\C=C(C(=O)Nc2ccccc2)C(=O)c2ccccc21. The minimum atomic E-state index is -0.497. The molecular formula is C19H14N6O2S. The Kier molecular flexibility index (Phi) is 4.73. The monoisotopic (exact) mass is 390 g/mol. The molecule has 1 amide bonds. The van der Waals surface area contributed by atoms with E-state index in [1.165, 1.54) is 10.8 Å². The molecular weight excluding hydrogens is 376 g/mol. The second-order valence-electron chi connectivity index (χ2n) is 5.91. The summed E-state index contributed by atoms with van der Waals surface area (Å²) in [4.78, 5) is 26.0. The topological polar surface area (TPSA) is 102 Å². The van der Waals surface area contributed by atoms with Crippen LogP contribution in [-0.4, -0.2) is 31.8 Å². The predicted molar refractivity (Wildman–Crippen MR) is 105 cm³/mol. The van der Waals surface area contributed by atoms with E-state index in [0.29, 0.717) is 27.3 Å². The maximum atomic E-state index is 12.8. The van der Waals surface area contributed by atoms with Gasteiger partial charge in [-0.2, -0.15) is 0 Å². The molecule has 0 atom stereocenters. The molecule has 2 aromatic carbocycles. The highest BCUT2D eigenvalue weighted by molar-refractivity contribution is 7.02. The molecule has 1 aliphatic carbocycles. The van der Waals surface area contributed by atoms with Crippen LogP contribution in [0, 0.1) is 0 Å². The van der Waals surface area contributed by atoms with E-state index < -0.39 is 5.91 Å². The minimum Gasteiger partial charge on any atom is -0.322 e. The van der Waals surface area contributed by atoms with E-state index in [0.717, 1.165) is 11.5 Å². The molecule has 0 bridgehead atoms. The Bertz CT molecular complexity index is 1190. The first-order valence-electron chi connectivity index (χ1n) is 8.33. The van der Waals surface area contributed by atoms with Gasteiger partial charge in [0.1, 0.15) is 0 Å². The van der Waals surface area contributed by atoms with Crippen LogP contribution < -0.4 is 10.1 Å². The standard InChI is InChI=1S/C19H14N6O2S/c1-25-19(28-24-23-25)22-21-16-11-15(17(26)14-10-6-5-9-13(14)16)18(27)20-12-7-3-2-4-8-12/h2-11H,1H3,(H,20,27)/b21-16-,22-19-. The number of aromatic nitrogens is 3. The van der Waals surface area contributed by atoms with Gasteiger partial charge in [-0.25, -0.2) is 4.68 Å². The van der Waals surface area contributed by atoms with Crippen LogP contribution >= 0.6 is 11.5 Å². The van der Waals surface area contributed by atoms with Crippen molar-refractivity contribution in [3.63, 3.8) is 0 Å². The first kappa shape index (κ1) is 17.7. The molecule has 1 heterocycles. The molecule has 8 nitrogen and oxygen atoms in total. The summed E-state index contributed by atoms with van der Waals surface area (Å²) in [6.07, 6.45) is 1.46. The normalized spacial score (nSPS) is 15.3. The van der Waals surface area contributed by atoms with Crippen LogP contribution in [0.2, 0.25) is 0 Å². The highest BCUT2D eigenvalue weighted by Crippen LogP contribution is 2.23. The molecule has 3 aromatic rings. The Morgan fingerprint density at radius 2 is 1.75 bits per heavy atom. The van der Waals surface area contributed by atoms with Crippen LogP contribution in [0.15, 0.2) is 76.4 Å². The van der Waals surface area contributed by atoms with Crippen LogP contribution in [0.1, 0.15) is 15.9 Å². The third-order valence-electron chi connectivity index (χ3n) is 4.06. The van der Waals surface area contributed by atoms with Crippen LogP contribution in [0.4, 0.5) is 5.69 Å². The number of fused-ring (bicyclic) bond motifs is 1. The zero-order chi connectivity index (χ0) is 19.5. The lowest BCUT2D eigenvalue weighted by Crippen LogP contribution is -2.26. The predicted octanol–water partition coefficient (Wildman–Crippen LogP) is 1.94. The summed E-state index contributed by atoms with van der Waals surface area (Å²) in [5.41, 5.74) is 2.05. The molecule has 138 valence electrons. The third-order valence-corrected chi connectivity index (χ3v) is 4.73. The number of benzene rings is 2. The number of aryl methyl sites for hydroxylation is 1. The number of ketones is 1. The maximum absolute atomic E-state index is 12.8. The smallest absolute Gasteiger partial charge is 0.259 e. The molecule has 0 aliphatic heterocycles. The molecule has 0 saturated heterocycles. The third kappa shape index (κ3) is 3.42. The molecule has 4 rings (SSSR count). The summed E-state index contributed by atoms with van der Waals surface area (Å²) in [6, 6.07) is 15.9. The number of hydrogen-bond acceptors (Lipinski definition) is 7. The lowest BCUT2D eigenvalue weighted by atomic mass is 9.88. The number of hydrogen-bond donors (Lipinski definition) is 1. The van der Waals surface area contributed by atoms with E-state index in [2.05, 4.69) is 25.2 Å². The van der Waals surface area contributed by atoms with Crippen LogP contribution in [0.25, 0.3) is 0 Å².